The Balaban J connectivity index is 2.02. The van der Waals surface area contributed by atoms with Crippen LogP contribution < -0.4 is 5.32 Å². The van der Waals surface area contributed by atoms with Crippen molar-refractivity contribution >= 4 is 0 Å². The van der Waals surface area contributed by atoms with E-state index >= 15 is 0 Å². The Bertz CT molecular complexity index is 575. The maximum absolute atomic E-state index is 12.5. The Morgan fingerprint density at radius 2 is 1.90 bits per heavy atom. The highest BCUT2D eigenvalue weighted by molar-refractivity contribution is 5.26. The lowest BCUT2D eigenvalue weighted by Crippen LogP contribution is -2.23. The van der Waals surface area contributed by atoms with Crippen LogP contribution in [0.3, 0.4) is 0 Å². The van der Waals surface area contributed by atoms with Crippen molar-refractivity contribution in [2.45, 2.75) is 32.0 Å². The van der Waals surface area contributed by atoms with Gasteiger partial charge in [0, 0.05) is 18.9 Å². The molecule has 21 heavy (non-hydrogen) atoms. The van der Waals surface area contributed by atoms with Crippen molar-refractivity contribution in [3.63, 3.8) is 0 Å². The monoisotopic (exact) mass is 298 g/mol. The number of alkyl halides is 3. The van der Waals surface area contributed by atoms with E-state index in [4.69, 9.17) is 4.42 Å². The summed E-state index contributed by atoms with van der Waals surface area (Å²) in [6, 6.07) is 5.32. The number of hydrogen-bond acceptors (Lipinski definition) is 3. The minimum atomic E-state index is -4.31. The lowest BCUT2D eigenvalue weighted by Gasteiger charge is -2.06. The van der Waals surface area contributed by atoms with Crippen molar-refractivity contribution in [1.82, 2.24) is 10.3 Å². The first-order valence-electron chi connectivity index (χ1n) is 6.65. The van der Waals surface area contributed by atoms with Crippen LogP contribution in [0.1, 0.15) is 29.6 Å². The number of nitrogens with zero attached hydrogens (tertiary/aromatic N) is 1. The van der Waals surface area contributed by atoms with Gasteiger partial charge in [0.05, 0.1) is 11.3 Å². The summed E-state index contributed by atoms with van der Waals surface area (Å²) in [6.45, 7) is 2.03. The number of oxazole rings is 1. The topological polar surface area (TPSA) is 38.1 Å². The van der Waals surface area contributed by atoms with Crippen LogP contribution >= 0.6 is 0 Å². The zero-order valence-electron chi connectivity index (χ0n) is 11.9. The Morgan fingerprint density at radius 1 is 1.24 bits per heavy atom. The molecular formula is C15H17F3N2O. The predicted octanol–water partition coefficient (Wildman–Crippen LogP) is 3.43. The van der Waals surface area contributed by atoms with E-state index in [9.17, 15) is 13.2 Å². The Labute approximate surface area is 121 Å². The number of likely N-dealkylation sites (N-methyl/N-ethyl adjacent to an activating group) is 1. The molecule has 114 valence electrons. The van der Waals surface area contributed by atoms with Gasteiger partial charge < -0.3 is 9.73 Å². The fourth-order valence-corrected chi connectivity index (χ4v) is 1.93. The summed E-state index contributed by atoms with van der Waals surface area (Å²) in [5.74, 6) is 0.507. The van der Waals surface area contributed by atoms with E-state index in [-0.39, 0.29) is 6.04 Å². The van der Waals surface area contributed by atoms with Gasteiger partial charge in [-0.25, -0.2) is 4.98 Å². The van der Waals surface area contributed by atoms with Gasteiger partial charge in [-0.15, -0.1) is 0 Å². The van der Waals surface area contributed by atoms with Crippen LogP contribution in [0.15, 0.2) is 34.9 Å². The number of halogens is 3. The van der Waals surface area contributed by atoms with Crippen LogP contribution in [-0.4, -0.2) is 18.1 Å². The van der Waals surface area contributed by atoms with Crippen molar-refractivity contribution in [1.29, 1.82) is 0 Å². The Morgan fingerprint density at radius 3 is 2.48 bits per heavy atom. The van der Waals surface area contributed by atoms with Gasteiger partial charge in [-0.05, 0) is 31.7 Å². The van der Waals surface area contributed by atoms with Crippen LogP contribution in [0.25, 0.3) is 0 Å². The van der Waals surface area contributed by atoms with Gasteiger partial charge in [0.15, 0.2) is 5.89 Å². The van der Waals surface area contributed by atoms with E-state index in [0.29, 0.717) is 12.3 Å². The summed E-state index contributed by atoms with van der Waals surface area (Å²) in [5, 5.41) is 3.10. The van der Waals surface area contributed by atoms with E-state index in [2.05, 4.69) is 10.3 Å². The number of benzene rings is 1. The lowest BCUT2D eigenvalue weighted by atomic mass is 10.1. The van der Waals surface area contributed by atoms with Gasteiger partial charge in [0.2, 0.25) is 0 Å². The highest BCUT2D eigenvalue weighted by Gasteiger charge is 2.29. The van der Waals surface area contributed by atoms with Crippen molar-refractivity contribution in [3.05, 3.63) is 53.2 Å². The second kappa shape index (κ2) is 6.30. The minimum Gasteiger partial charge on any atom is -0.448 e. The van der Waals surface area contributed by atoms with Crippen LogP contribution in [-0.2, 0) is 19.0 Å². The summed E-state index contributed by atoms with van der Waals surface area (Å²) in [6.07, 6.45) is -1.59. The number of rotatable bonds is 5. The largest absolute Gasteiger partial charge is 0.448 e. The lowest BCUT2D eigenvalue weighted by molar-refractivity contribution is -0.137. The molecule has 1 unspecified atom stereocenters. The minimum absolute atomic E-state index is 0.286. The molecule has 0 aliphatic heterocycles. The van der Waals surface area contributed by atoms with Gasteiger partial charge in [-0.1, -0.05) is 12.1 Å². The summed E-state index contributed by atoms with van der Waals surface area (Å²) >= 11 is 0. The van der Waals surface area contributed by atoms with Crippen molar-refractivity contribution in [2.75, 3.05) is 7.05 Å². The first kappa shape index (κ1) is 15.6. The first-order valence-corrected chi connectivity index (χ1v) is 6.65. The highest BCUT2D eigenvalue weighted by Crippen LogP contribution is 2.29. The quantitative estimate of drug-likeness (QED) is 0.919. The second-order valence-corrected chi connectivity index (χ2v) is 5.00. The molecule has 1 aromatic carbocycles. The molecule has 0 radical (unpaired) electrons. The van der Waals surface area contributed by atoms with Crippen LogP contribution in [0, 0.1) is 0 Å². The first-order chi connectivity index (χ1) is 9.88. The summed E-state index contributed by atoms with van der Waals surface area (Å²) < 4.78 is 42.8. The molecule has 2 rings (SSSR count). The van der Waals surface area contributed by atoms with Crippen molar-refractivity contribution in [3.8, 4) is 0 Å². The average molecular weight is 298 g/mol. The van der Waals surface area contributed by atoms with Crippen LogP contribution in [0.2, 0.25) is 0 Å². The summed E-state index contributed by atoms with van der Waals surface area (Å²) in [7, 11) is 1.87. The third-order valence-electron chi connectivity index (χ3n) is 3.24. The molecule has 2 aromatic rings. The molecule has 0 saturated heterocycles. The van der Waals surface area contributed by atoms with E-state index in [0.717, 1.165) is 29.8 Å². The maximum atomic E-state index is 12.5. The third kappa shape index (κ3) is 4.32. The van der Waals surface area contributed by atoms with Crippen LogP contribution in [0.5, 0.6) is 0 Å². The van der Waals surface area contributed by atoms with E-state index < -0.39 is 11.7 Å². The molecule has 1 N–H and O–H groups in total. The average Bonchev–Trinajstić information content (AvgIpc) is 2.85. The molecule has 0 aliphatic carbocycles. The van der Waals surface area contributed by atoms with E-state index in [1.165, 1.54) is 12.1 Å². The molecule has 1 atom stereocenters. The number of nitrogens with one attached hydrogen (secondary N) is 1. The molecule has 0 aliphatic rings. The molecule has 0 bridgehead atoms. The van der Waals surface area contributed by atoms with Crippen LogP contribution in [0.4, 0.5) is 13.2 Å². The summed E-state index contributed by atoms with van der Waals surface area (Å²) in [5.41, 5.74) is 0.916. The van der Waals surface area contributed by atoms with E-state index in [1.807, 2.05) is 14.0 Å². The summed E-state index contributed by atoms with van der Waals surface area (Å²) in [4.78, 5) is 4.34. The zero-order valence-corrected chi connectivity index (χ0v) is 11.9. The molecular weight excluding hydrogens is 281 g/mol. The maximum Gasteiger partial charge on any atom is 0.416 e. The molecule has 1 heterocycles. The van der Waals surface area contributed by atoms with E-state index in [1.54, 1.807) is 6.26 Å². The normalized spacial score (nSPS) is 13.4. The fourth-order valence-electron chi connectivity index (χ4n) is 1.93. The SMILES string of the molecule is CNC(C)Cc1coc(Cc2ccc(C(F)(F)F)cc2)n1. The van der Waals surface area contributed by atoms with Gasteiger partial charge >= 0.3 is 6.18 Å². The van der Waals surface area contributed by atoms with Gasteiger partial charge in [0.1, 0.15) is 6.26 Å². The number of hydrogen-bond donors (Lipinski definition) is 1. The molecule has 6 heteroatoms. The highest BCUT2D eigenvalue weighted by atomic mass is 19.4. The van der Waals surface area contributed by atoms with Gasteiger partial charge in [0.25, 0.3) is 0 Å². The molecule has 0 fully saturated rings. The molecule has 1 aromatic heterocycles. The Kier molecular flexibility index (Phi) is 4.67. The zero-order chi connectivity index (χ0) is 15.5. The van der Waals surface area contributed by atoms with Gasteiger partial charge in [-0.2, -0.15) is 13.2 Å². The fraction of sp³-hybridized carbons (Fsp3) is 0.400. The molecule has 0 amide bonds. The third-order valence-corrected chi connectivity index (χ3v) is 3.24. The van der Waals surface area contributed by atoms with Gasteiger partial charge in [-0.3, -0.25) is 0 Å². The molecule has 0 spiro atoms. The van der Waals surface area contributed by atoms with Crippen molar-refractivity contribution < 1.29 is 17.6 Å². The predicted molar refractivity (Wildman–Crippen MR) is 73.0 cm³/mol. The number of aromatic nitrogens is 1. The molecule has 3 nitrogen and oxygen atoms in total. The smallest absolute Gasteiger partial charge is 0.416 e. The van der Waals surface area contributed by atoms with Crippen molar-refractivity contribution in [2.24, 2.45) is 0 Å². The Hall–Kier alpha value is -1.82. The molecule has 0 saturated carbocycles. The second-order valence-electron chi connectivity index (χ2n) is 5.00. The standard InChI is InChI=1S/C15H17F3N2O/c1-10(19-2)7-13-9-21-14(20-13)8-11-3-5-12(6-4-11)15(16,17)18/h3-6,9-10,19H,7-8H2,1-2H3.